The van der Waals surface area contributed by atoms with Crippen LogP contribution in [0.1, 0.15) is 38.5 Å². The summed E-state index contributed by atoms with van der Waals surface area (Å²) < 4.78 is 4.51. The summed E-state index contributed by atoms with van der Waals surface area (Å²) in [5.41, 5.74) is 0.813. The van der Waals surface area contributed by atoms with E-state index in [0.717, 1.165) is 31.3 Å². The molecule has 1 saturated carbocycles. The lowest BCUT2D eigenvalue weighted by atomic mass is 10.1. The summed E-state index contributed by atoms with van der Waals surface area (Å²) in [4.78, 5) is 22.4. The molecule has 0 unspecified atom stereocenters. The van der Waals surface area contributed by atoms with Gasteiger partial charge in [0.2, 0.25) is 0 Å². The SMILES string of the molecule is COC(=O)CC=C1CCCCCC1=O. The molecule has 3 heteroatoms. The summed E-state index contributed by atoms with van der Waals surface area (Å²) in [6.45, 7) is 0. The second-order valence-electron chi connectivity index (χ2n) is 3.49. The fourth-order valence-corrected chi connectivity index (χ4v) is 1.58. The van der Waals surface area contributed by atoms with Gasteiger partial charge < -0.3 is 4.74 Å². The highest BCUT2D eigenvalue weighted by molar-refractivity contribution is 5.95. The van der Waals surface area contributed by atoms with E-state index in [-0.39, 0.29) is 18.2 Å². The zero-order valence-electron chi connectivity index (χ0n) is 8.54. The number of carbonyl (C=O) groups is 2. The van der Waals surface area contributed by atoms with Crippen molar-refractivity contribution < 1.29 is 14.3 Å². The van der Waals surface area contributed by atoms with Gasteiger partial charge in [-0.25, -0.2) is 0 Å². The van der Waals surface area contributed by atoms with Crippen molar-refractivity contribution in [2.24, 2.45) is 0 Å². The lowest BCUT2D eigenvalue weighted by molar-refractivity contribution is -0.139. The normalized spacial score (nSPS) is 20.6. The monoisotopic (exact) mass is 196 g/mol. The Morgan fingerprint density at radius 2 is 2.07 bits per heavy atom. The second kappa shape index (κ2) is 5.58. The van der Waals surface area contributed by atoms with Gasteiger partial charge in [-0.1, -0.05) is 12.5 Å². The molecule has 0 aliphatic heterocycles. The number of rotatable bonds is 2. The number of ether oxygens (including phenoxy) is 1. The van der Waals surface area contributed by atoms with Gasteiger partial charge in [-0.15, -0.1) is 0 Å². The Kier molecular flexibility index (Phi) is 4.36. The van der Waals surface area contributed by atoms with Crippen molar-refractivity contribution in [2.45, 2.75) is 38.5 Å². The van der Waals surface area contributed by atoms with E-state index in [2.05, 4.69) is 4.74 Å². The molecule has 1 rings (SSSR count). The summed E-state index contributed by atoms with van der Waals surface area (Å²) in [7, 11) is 1.36. The molecule has 0 heterocycles. The molecule has 1 fully saturated rings. The van der Waals surface area contributed by atoms with Gasteiger partial charge in [0.15, 0.2) is 5.78 Å². The van der Waals surface area contributed by atoms with Crippen LogP contribution in [0.5, 0.6) is 0 Å². The molecule has 14 heavy (non-hydrogen) atoms. The number of esters is 1. The fraction of sp³-hybridized carbons (Fsp3) is 0.636. The largest absolute Gasteiger partial charge is 0.469 e. The number of hydrogen-bond donors (Lipinski definition) is 0. The molecule has 0 saturated heterocycles. The van der Waals surface area contributed by atoms with E-state index in [4.69, 9.17) is 0 Å². The van der Waals surface area contributed by atoms with Crippen LogP contribution in [0, 0.1) is 0 Å². The quantitative estimate of drug-likeness (QED) is 0.385. The van der Waals surface area contributed by atoms with Crippen LogP contribution in [0.2, 0.25) is 0 Å². The van der Waals surface area contributed by atoms with Gasteiger partial charge in [-0.05, 0) is 24.8 Å². The van der Waals surface area contributed by atoms with E-state index < -0.39 is 0 Å². The highest BCUT2D eigenvalue weighted by Crippen LogP contribution is 2.19. The van der Waals surface area contributed by atoms with E-state index >= 15 is 0 Å². The molecule has 0 bridgehead atoms. The number of carbonyl (C=O) groups excluding carboxylic acids is 2. The number of methoxy groups -OCH3 is 1. The van der Waals surface area contributed by atoms with Crippen LogP contribution < -0.4 is 0 Å². The van der Waals surface area contributed by atoms with Crippen LogP contribution in [-0.2, 0) is 14.3 Å². The number of ketones is 1. The Morgan fingerprint density at radius 3 is 2.79 bits per heavy atom. The molecule has 0 atom stereocenters. The zero-order valence-corrected chi connectivity index (χ0v) is 8.54. The average molecular weight is 196 g/mol. The van der Waals surface area contributed by atoms with Crippen molar-refractivity contribution in [3.63, 3.8) is 0 Å². The van der Waals surface area contributed by atoms with Gasteiger partial charge in [-0.3, -0.25) is 9.59 Å². The molecule has 0 amide bonds. The summed E-state index contributed by atoms with van der Waals surface area (Å²) in [5, 5.41) is 0. The van der Waals surface area contributed by atoms with Crippen LogP contribution in [0.15, 0.2) is 11.6 Å². The minimum Gasteiger partial charge on any atom is -0.469 e. The smallest absolute Gasteiger partial charge is 0.309 e. The standard InChI is InChI=1S/C11H16O3/c1-14-11(13)8-7-9-5-3-2-4-6-10(9)12/h7H,2-6,8H2,1H3. The molecule has 3 nitrogen and oxygen atoms in total. The summed E-state index contributed by atoms with van der Waals surface area (Å²) in [6, 6.07) is 0. The maximum absolute atomic E-state index is 11.5. The topological polar surface area (TPSA) is 43.4 Å². The lowest BCUT2D eigenvalue weighted by Gasteiger charge is -2.00. The van der Waals surface area contributed by atoms with Gasteiger partial charge in [0, 0.05) is 6.42 Å². The molecular weight excluding hydrogens is 180 g/mol. The first-order valence-electron chi connectivity index (χ1n) is 5.03. The molecule has 1 aliphatic rings. The zero-order chi connectivity index (χ0) is 10.4. The predicted octanol–water partition coefficient (Wildman–Crippen LogP) is 2.01. The van der Waals surface area contributed by atoms with Crippen LogP contribution in [0.25, 0.3) is 0 Å². The van der Waals surface area contributed by atoms with E-state index in [1.165, 1.54) is 7.11 Å². The average Bonchev–Trinajstić information content (AvgIpc) is 2.39. The molecule has 0 aromatic rings. The van der Waals surface area contributed by atoms with Crippen molar-refractivity contribution in [1.82, 2.24) is 0 Å². The Bertz CT molecular complexity index is 253. The van der Waals surface area contributed by atoms with Crippen molar-refractivity contribution in [1.29, 1.82) is 0 Å². The number of Topliss-reactive ketones (excluding diaryl/α,β-unsaturated/α-hetero) is 1. The Balaban J connectivity index is 2.54. The third-order valence-corrected chi connectivity index (χ3v) is 2.45. The van der Waals surface area contributed by atoms with Crippen LogP contribution >= 0.6 is 0 Å². The van der Waals surface area contributed by atoms with Crippen LogP contribution in [0.4, 0.5) is 0 Å². The van der Waals surface area contributed by atoms with Gasteiger partial charge in [0.25, 0.3) is 0 Å². The molecule has 0 aromatic heterocycles. The van der Waals surface area contributed by atoms with Crippen molar-refractivity contribution in [2.75, 3.05) is 7.11 Å². The minimum absolute atomic E-state index is 0.200. The van der Waals surface area contributed by atoms with Crippen LogP contribution in [0.3, 0.4) is 0 Å². The summed E-state index contributed by atoms with van der Waals surface area (Å²) in [6.07, 6.45) is 6.54. The Labute approximate surface area is 84.1 Å². The summed E-state index contributed by atoms with van der Waals surface area (Å²) in [5.74, 6) is -0.0825. The van der Waals surface area contributed by atoms with Crippen molar-refractivity contribution in [3.8, 4) is 0 Å². The molecule has 0 spiro atoms. The maximum atomic E-state index is 11.5. The number of allylic oxidation sites excluding steroid dienone is 1. The highest BCUT2D eigenvalue weighted by Gasteiger charge is 2.13. The Morgan fingerprint density at radius 1 is 1.36 bits per heavy atom. The summed E-state index contributed by atoms with van der Waals surface area (Å²) >= 11 is 0. The fourth-order valence-electron chi connectivity index (χ4n) is 1.58. The molecule has 0 aromatic carbocycles. The van der Waals surface area contributed by atoms with E-state index in [0.29, 0.717) is 6.42 Å². The third kappa shape index (κ3) is 3.32. The predicted molar refractivity (Wildman–Crippen MR) is 52.8 cm³/mol. The van der Waals surface area contributed by atoms with E-state index in [9.17, 15) is 9.59 Å². The second-order valence-corrected chi connectivity index (χ2v) is 3.49. The Hall–Kier alpha value is -1.12. The number of hydrogen-bond acceptors (Lipinski definition) is 3. The molecular formula is C11H16O3. The van der Waals surface area contributed by atoms with Gasteiger partial charge in [-0.2, -0.15) is 0 Å². The molecule has 78 valence electrons. The maximum Gasteiger partial charge on any atom is 0.309 e. The third-order valence-electron chi connectivity index (χ3n) is 2.45. The van der Waals surface area contributed by atoms with Crippen LogP contribution in [-0.4, -0.2) is 18.9 Å². The van der Waals surface area contributed by atoms with Gasteiger partial charge in [0.05, 0.1) is 13.5 Å². The lowest BCUT2D eigenvalue weighted by Crippen LogP contribution is -2.03. The molecule has 0 radical (unpaired) electrons. The highest BCUT2D eigenvalue weighted by atomic mass is 16.5. The van der Waals surface area contributed by atoms with Crippen molar-refractivity contribution >= 4 is 11.8 Å². The van der Waals surface area contributed by atoms with Gasteiger partial charge in [0.1, 0.15) is 0 Å². The minimum atomic E-state index is -0.283. The first-order chi connectivity index (χ1) is 6.74. The van der Waals surface area contributed by atoms with E-state index in [1.807, 2.05) is 0 Å². The first-order valence-corrected chi connectivity index (χ1v) is 5.03. The van der Waals surface area contributed by atoms with Gasteiger partial charge >= 0.3 is 5.97 Å². The van der Waals surface area contributed by atoms with E-state index in [1.54, 1.807) is 6.08 Å². The molecule has 0 N–H and O–H groups in total. The van der Waals surface area contributed by atoms with Crippen molar-refractivity contribution in [3.05, 3.63) is 11.6 Å². The molecule has 1 aliphatic carbocycles. The first kappa shape index (κ1) is 11.0.